The lowest BCUT2D eigenvalue weighted by atomic mass is 9.74. The molecule has 1 fully saturated rings. The van der Waals surface area contributed by atoms with E-state index in [0.29, 0.717) is 25.7 Å². The molecule has 12 heavy (non-hydrogen) atoms. The number of aliphatic carboxylic acids is 1. The van der Waals surface area contributed by atoms with E-state index >= 15 is 0 Å². The second-order valence-electron chi connectivity index (χ2n) is 3.33. The van der Waals surface area contributed by atoms with E-state index in [0.717, 1.165) is 0 Å². The summed E-state index contributed by atoms with van der Waals surface area (Å²) >= 11 is 0. The van der Waals surface area contributed by atoms with Gasteiger partial charge in [-0.25, -0.2) is 0 Å². The van der Waals surface area contributed by atoms with Crippen molar-refractivity contribution in [2.24, 2.45) is 11.1 Å². The van der Waals surface area contributed by atoms with Crippen LogP contribution in [0.3, 0.4) is 0 Å². The highest BCUT2D eigenvalue weighted by Crippen LogP contribution is 2.33. The van der Waals surface area contributed by atoms with Gasteiger partial charge in [0.15, 0.2) is 0 Å². The highest BCUT2D eigenvalue weighted by Gasteiger charge is 2.40. The predicted octanol–water partition coefficient (Wildman–Crippen LogP) is 0.159. The third kappa shape index (κ3) is 1.48. The first-order valence-electron chi connectivity index (χ1n) is 4.06. The van der Waals surface area contributed by atoms with Crippen LogP contribution in [-0.4, -0.2) is 23.4 Å². The van der Waals surface area contributed by atoms with Crippen molar-refractivity contribution < 1.29 is 14.7 Å². The molecule has 4 nitrogen and oxygen atoms in total. The fraction of sp³-hybridized carbons (Fsp3) is 0.750. The van der Waals surface area contributed by atoms with E-state index in [9.17, 15) is 9.59 Å². The molecule has 0 saturated heterocycles. The maximum atomic E-state index is 10.9. The number of carbonyl (C=O) groups is 2. The van der Waals surface area contributed by atoms with Crippen LogP contribution in [0.4, 0.5) is 0 Å². The van der Waals surface area contributed by atoms with Gasteiger partial charge in [0.25, 0.3) is 0 Å². The molecule has 0 atom stereocenters. The quantitative estimate of drug-likeness (QED) is 0.620. The average Bonchev–Trinajstić information content (AvgIpc) is 2.06. The lowest BCUT2D eigenvalue weighted by molar-refractivity contribution is -0.151. The molecule has 4 heteroatoms. The summed E-state index contributed by atoms with van der Waals surface area (Å²) in [6, 6.07) is 0. The average molecular weight is 171 g/mol. The number of carboxylic acids is 1. The fourth-order valence-corrected chi connectivity index (χ4v) is 1.51. The SMILES string of the molecule is NCC1(C(=O)O)CCC(=O)CC1. The van der Waals surface area contributed by atoms with Gasteiger partial charge in [0.05, 0.1) is 5.41 Å². The molecule has 0 unspecified atom stereocenters. The number of nitrogens with two attached hydrogens (primary N) is 1. The van der Waals surface area contributed by atoms with E-state index in [1.165, 1.54) is 0 Å². The molecule has 0 radical (unpaired) electrons. The second kappa shape index (κ2) is 3.23. The molecule has 1 aliphatic rings. The first-order valence-corrected chi connectivity index (χ1v) is 4.06. The molecule has 0 aromatic carbocycles. The summed E-state index contributed by atoms with van der Waals surface area (Å²) < 4.78 is 0. The Morgan fingerprint density at radius 2 is 2.00 bits per heavy atom. The molecule has 68 valence electrons. The molecule has 0 heterocycles. The standard InChI is InChI=1S/C8H13NO3/c9-5-8(7(11)12)3-1-6(10)2-4-8/h1-5,9H2,(H,11,12). The summed E-state index contributed by atoms with van der Waals surface area (Å²) in [4.78, 5) is 21.7. The highest BCUT2D eigenvalue weighted by molar-refractivity contribution is 5.83. The van der Waals surface area contributed by atoms with Crippen LogP contribution >= 0.6 is 0 Å². The summed E-state index contributed by atoms with van der Waals surface area (Å²) in [7, 11) is 0. The zero-order chi connectivity index (χ0) is 9.19. The highest BCUT2D eigenvalue weighted by atomic mass is 16.4. The maximum absolute atomic E-state index is 10.9. The third-order valence-electron chi connectivity index (χ3n) is 2.61. The van der Waals surface area contributed by atoms with Crippen molar-refractivity contribution >= 4 is 11.8 Å². The number of rotatable bonds is 2. The number of hydrogen-bond donors (Lipinski definition) is 2. The number of ketones is 1. The van der Waals surface area contributed by atoms with Gasteiger partial charge < -0.3 is 10.8 Å². The van der Waals surface area contributed by atoms with E-state index < -0.39 is 11.4 Å². The Bertz CT molecular complexity index is 202. The van der Waals surface area contributed by atoms with E-state index in [-0.39, 0.29) is 12.3 Å². The summed E-state index contributed by atoms with van der Waals surface area (Å²) in [6.07, 6.45) is 1.53. The zero-order valence-corrected chi connectivity index (χ0v) is 6.88. The Labute approximate surface area is 70.7 Å². The number of Topliss-reactive ketones (excluding diaryl/α,β-unsaturated/α-hetero) is 1. The molecule has 0 amide bonds. The molecule has 3 N–H and O–H groups in total. The normalized spacial score (nSPS) is 22.2. The van der Waals surface area contributed by atoms with Crippen molar-refractivity contribution in [2.45, 2.75) is 25.7 Å². The molecule has 0 aromatic heterocycles. The van der Waals surface area contributed by atoms with Gasteiger partial charge in [-0.2, -0.15) is 0 Å². The largest absolute Gasteiger partial charge is 0.481 e. The van der Waals surface area contributed by atoms with Crippen LogP contribution in [0.15, 0.2) is 0 Å². The molecular weight excluding hydrogens is 158 g/mol. The van der Waals surface area contributed by atoms with Gasteiger partial charge in [0.2, 0.25) is 0 Å². The van der Waals surface area contributed by atoms with Gasteiger partial charge in [-0.3, -0.25) is 9.59 Å². The van der Waals surface area contributed by atoms with E-state index in [1.807, 2.05) is 0 Å². The van der Waals surface area contributed by atoms with E-state index in [2.05, 4.69) is 0 Å². The summed E-state index contributed by atoms with van der Waals surface area (Å²) in [5.41, 5.74) is 4.57. The van der Waals surface area contributed by atoms with Crippen LogP contribution in [0.2, 0.25) is 0 Å². The van der Waals surface area contributed by atoms with Gasteiger partial charge in [-0.1, -0.05) is 0 Å². The van der Waals surface area contributed by atoms with Crippen LogP contribution in [0.25, 0.3) is 0 Å². The first-order chi connectivity index (χ1) is 5.60. The molecule has 1 rings (SSSR count). The predicted molar refractivity (Wildman–Crippen MR) is 42.6 cm³/mol. The first kappa shape index (κ1) is 9.19. The van der Waals surface area contributed by atoms with Crippen molar-refractivity contribution in [1.82, 2.24) is 0 Å². The molecule has 1 aliphatic carbocycles. The number of carboxylic acid groups (broad SMARTS) is 1. The van der Waals surface area contributed by atoms with Gasteiger partial charge in [-0.15, -0.1) is 0 Å². The monoisotopic (exact) mass is 171 g/mol. The Morgan fingerprint density at radius 3 is 2.33 bits per heavy atom. The van der Waals surface area contributed by atoms with Gasteiger partial charge in [-0.05, 0) is 12.8 Å². The lowest BCUT2D eigenvalue weighted by Gasteiger charge is -2.30. The minimum Gasteiger partial charge on any atom is -0.481 e. The Hall–Kier alpha value is -0.900. The maximum Gasteiger partial charge on any atom is 0.310 e. The molecule has 0 aromatic rings. The van der Waals surface area contributed by atoms with Crippen molar-refractivity contribution in [3.05, 3.63) is 0 Å². The molecule has 0 aliphatic heterocycles. The minimum atomic E-state index is -0.863. The van der Waals surface area contributed by atoms with Gasteiger partial charge in [0, 0.05) is 19.4 Å². The molecular formula is C8H13NO3. The fourth-order valence-electron chi connectivity index (χ4n) is 1.51. The van der Waals surface area contributed by atoms with Crippen molar-refractivity contribution in [1.29, 1.82) is 0 Å². The Balaban J connectivity index is 2.69. The van der Waals surface area contributed by atoms with Crippen molar-refractivity contribution in [2.75, 3.05) is 6.54 Å². The Kier molecular flexibility index (Phi) is 2.47. The van der Waals surface area contributed by atoms with Gasteiger partial charge in [0.1, 0.15) is 5.78 Å². The van der Waals surface area contributed by atoms with E-state index in [4.69, 9.17) is 10.8 Å². The van der Waals surface area contributed by atoms with Crippen LogP contribution in [0.5, 0.6) is 0 Å². The molecule has 0 spiro atoms. The smallest absolute Gasteiger partial charge is 0.310 e. The lowest BCUT2D eigenvalue weighted by Crippen LogP contribution is -2.41. The van der Waals surface area contributed by atoms with E-state index in [1.54, 1.807) is 0 Å². The second-order valence-corrected chi connectivity index (χ2v) is 3.33. The Morgan fingerprint density at radius 1 is 1.50 bits per heavy atom. The summed E-state index contributed by atoms with van der Waals surface area (Å²) in [5.74, 6) is -0.710. The number of hydrogen-bond acceptors (Lipinski definition) is 3. The van der Waals surface area contributed by atoms with Crippen LogP contribution < -0.4 is 5.73 Å². The zero-order valence-electron chi connectivity index (χ0n) is 6.88. The van der Waals surface area contributed by atoms with Gasteiger partial charge >= 0.3 is 5.97 Å². The summed E-state index contributed by atoms with van der Waals surface area (Å²) in [6.45, 7) is 0.135. The third-order valence-corrected chi connectivity index (χ3v) is 2.61. The van der Waals surface area contributed by atoms with Crippen LogP contribution in [0.1, 0.15) is 25.7 Å². The topological polar surface area (TPSA) is 80.4 Å². The van der Waals surface area contributed by atoms with Crippen LogP contribution in [0, 0.1) is 5.41 Å². The minimum absolute atomic E-state index is 0.135. The number of carbonyl (C=O) groups excluding carboxylic acids is 1. The van der Waals surface area contributed by atoms with Crippen molar-refractivity contribution in [3.63, 3.8) is 0 Å². The van der Waals surface area contributed by atoms with Crippen molar-refractivity contribution in [3.8, 4) is 0 Å². The molecule has 0 bridgehead atoms. The molecule has 1 saturated carbocycles. The summed E-state index contributed by atoms with van der Waals surface area (Å²) in [5, 5.41) is 8.88. The van der Waals surface area contributed by atoms with Crippen LogP contribution in [-0.2, 0) is 9.59 Å².